The van der Waals surface area contributed by atoms with Crippen molar-refractivity contribution in [2.75, 3.05) is 19.9 Å². The Morgan fingerprint density at radius 2 is 1.47 bits per heavy atom. The zero-order valence-corrected chi connectivity index (χ0v) is 17.8. The third-order valence-corrected chi connectivity index (χ3v) is 8.45. The van der Waals surface area contributed by atoms with Gasteiger partial charge in [-0.1, -0.05) is 18.2 Å². The first-order valence-electron chi connectivity index (χ1n) is 12.0. The number of piperidine rings is 1. The molecular weight excluding hydrogens is 374 g/mol. The Hall–Kier alpha value is -1.62. The molecule has 0 N–H and O–H groups in total. The summed E-state index contributed by atoms with van der Waals surface area (Å²) < 4.78 is 12.3. The lowest BCUT2D eigenvalue weighted by molar-refractivity contribution is -0.154. The van der Waals surface area contributed by atoms with Gasteiger partial charge in [-0.2, -0.15) is 0 Å². The van der Waals surface area contributed by atoms with Crippen molar-refractivity contribution in [1.82, 2.24) is 4.65 Å². The minimum Gasteiger partial charge on any atom is -0.627 e. The number of rotatable bonds is 5. The lowest BCUT2D eigenvalue weighted by atomic mass is 9.55. The zero-order valence-electron chi connectivity index (χ0n) is 17.8. The van der Waals surface area contributed by atoms with Crippen LogP contribution in [0.3, 0.4) is 0 Å². The molecule has 4 nitrogen and oxygen atoms in total. The van der Waals surface area contributed by atoms with E-state index in [0.717, 1.165) is 58.7 Å². The highest BCUT2D eigenvalue weighted by Gasteiger charge is 2.48. The molecule has 4 heteroatoms. The van der Waals surface area contributed by atoms with Crippen molar-refractivity contribution in [1.29, 1.82) is 0 Å². The van der Waals surface area contributed by atoms with Crippen molar-refractivity contribution in [2.24, 2.45) is 23.7 Å². The first-order chi connectivity index (χ1) is 14.7. The smallest absolute Gasteiger partial charge is 0.189 e. The van der Waals surface area contributed by atoms with E-state index in [-0.39, 0.29) is 4.65 Å². The van der Waals surface area contributed by atoms with Gasteiger partial charge < -0.3 is 19.3 Å². The van der Waals surface area contributed by atoms with E-state index in [2.05, 4.69) is 12.1 Å². The molecule has 0 radical (unpaired) electrons. The standard InChI is InChI=1S/C26H33NO3/c28-27(10-4-1-5-11-27)24-8-9-25(23-7-3-2-6-22(23)24)29-17-30-26-20-13-18-12-19(15-20)16-21(26)14-18/h2-3,6-9,18-21,26H,1,4-5,10-17H2. The van der Waals surface area contributed by atoms with Crippen molar-refractivity contribution in [2.45, 2.75) is 57.5 Å². The average molecular weight is 408 g/mol. The van der Waals surface area contributed by atoms with E-state index >= 15 is 0 Å². The van der Waals surface area contributed by atoms with Gasteiger partial charge in [0.05, 0.1) is 19.2 Å². The summed E-state index contributed by atoms with van der Waals surface area (Å²) in [5.74, 6) is 4.24. The van der Waals surface area contributed by atoms with Crippen LogP contribution in [-0.4, -0.2) is 26.0 Å². The predicted molar refractivity (Wildman–Crippen MR) is 120 cm³/mol. The normalized spacial score (nSPS) is 34.4. The number of hydrogen-bond donors (Lipinski definition) is 0. The minimum atomic E-state index is -0.203. The van der Waals surface area contributed by atoms with Crippen LogP contribution < -0.4 is 9.38 Å². The molecule has 1 saturated heterocycles. The van der Waals surface area contributed by atoms with Crippen LogP contribution in [0.2, 0.25) is 0 Å². The van der Waals surface area contributed by atoms with Crippen LogP contribution >= 0.6 is 0 Å². The molecule has 2 aromatic carbocycles. The third-order valence-electron chi connectivity index (χ3n) is 8.45. The highest BCUT2D eigenvalue weighted by atomic mass is 16.7. The quantitative estimate of drug-likeness (QED) is 0.346. The summed E-state index contributed by atoms with van der Waals surface area (Å²) in [5.41, 5.74) is 0.889. The molecule has 4 aliphatic carbocycles. The van der Waals surface area contributed by atoms with Gasteiger partial charge in [0.2, 0.25) is 0 Å². The van der Waals surface area contributed by atoms with Crippen LogP contribution in [0.25, 0.3) is 10.8 Å². The molecule has 5 fully saturated rings. The molecule has 0 spiro atoms. The molecule has 160 valence electrons. The second kappa shape index (κ2) is 7.51. The van der Waals surface area contributed by atoms with Gasteiger partial charge in [0, 0.05) is 16.8 Å². The van der Waals surface area contributed by atoms with E-state index in [1.54, 1.807) is 0 Å². The summed E-state index contributed by atoms with van der Waals surface area (Å²) >= 11 is 0. The van der Waals surface area contributed by atoms with Gasteiger partial charge in [0.15, 0.2) is 6.79 Å². The molecule has 0 aromatic heterocycles. The van der Waals surface area contributed by atoms with E-state index in [4.69, 9.17) is 9.47 Å². The third kappa shape index (κ3) is 3.24. The second-order valence-electron chi connectivity index (χ2n) is 10.3. The van der Waals surface area contributed by atoms with Crippen LogP contribution in [-0.2, 0) is 4.74 Å². The van der Waals surface area contributed by atoms with E-state index in [1.807, 2.05) is 24.3 Å². The highest BCUT2D eigenvalue weighted by Crippen LogP contribution is 2.54. The van der Waals surface area contributed by atoms with Crippen LogP contribution in [0.15, 0.2) is 36.4 Å². The van der Waals surface area contributed by atoms with Gasteiger partial charge >= 0.3 is 0 Å². The fourth-order valence-electron chi connectivity index (χ4n) is 7.32. The molecule has 1 aliphatic heterocycles. The molecule has 4 bridgehead atoms. The average Bonchev–Trinajstić information content (AvgIpc) is 2.75. The minimum absolute atomic E-state index is 0.203. The highest BCUT2D eigenvalue weighted by molar-refractivity contribution is 5.97. The largest absolute Gasteiger partial charge is 0.627 e. The Bertz CT molecular complexity index is 892. The Kier molecular flexibility index (Phi) is 4.78. The molecule has 0 atom stereocenters. The molecule has 1 heterocycles. The molecule has 0 amide bonds. The molecule has 2 aromatic rings. The Morgan fingerprint density at radius 1 is 0.800 bits per heavy atom. The van der Waals surface area contributed by atoms with Crippen LogP contribution in [0.5, 0.6) is 5.75 Å². The maximum Gasteiger partial charge on any atom is 0.189 e. The summed E-state index contributed by atoms with van der Waals surface area (Å²) in [6, 6.07) is 12.2. The van der Waals surface area contributed by atoms with Gasteiger partial charge in [-0.3, -0.25) is 0 Å². The molecule has 0 unspecified atom stereocenters. The van der Waals surface area contributed by atoms with Crippen LogP contribution in [0.1, 0.15) is 51.4 Å². The first kappa shape index (κ1) is 19.1. The number of hydroxylamine groups is 2. The van der Waals surface area contributed by atoms with E-state index < -0.39 is 0 Å². The number of hydrogen-bond acceptors (Lipinski definition) is 3. The molecule has 7 rings (SSSR count). The van der Waals surface area contributed by atoms with Crippen LogP contribution in [0.4, 0.5) is 5.69 Å². The fourth-order valence-corrected chi connectivity index (χ4v) is 7.32. The van der Waals surface area contributed by atoms with Crippen LogP contribution in [0, 0.1) is 28.9 Å². The molecule has 4 saturated carbocycles. The maximum atomic E-state index is 13.5. The summed E-state index contributed by atoms with van der Waals surface area (Å²) in [4.78, 5) is 0. The number of quaternary nitrogens is 1. The van der Waals surface area contributed by atoms with E-state index in [0.29, 0.717) is 26.0 Å². The topological polar surface area (TPSA) is 41.5 Å². The Morgan fingerprint density at radius 3 is 2.17 bits per heavy atom. The monoisotopic (exact) mass is 407 g/mol. The number of ether oxygens (including phenoxy) is 2. The number of benzene rings is 2. The SMILES string of the molecule is [O-][N+]1(c2ccc(OCOC3C4CC5CC(C4)CC3C5)c3ccccc23)CCCCC1. The summed E-state index contributed by atoms with van der Waals surface area (Å²) in [5, 5.41) is 15.5. The zero-order chi connectivity index (χ0) is 20.1. The summed E-state index contributed by atoms with van der Waals surface area (Å²) in [6.45, 7) is 1.67. The van der Waals surface area contributed by atoms with Crippen molar-refractivity contribution in [3.05, 3.63) is 41.6 Å². The molecule has 30 heavy (non-hydrogen) atoms. The van der Waals surface area contributed by atoms with E-state index in [1.165, 1.54) is 38.5 Å². The van der Waals surface area contributed by atoms with Gasteiger partial charge in [-0.05, 0) is 87.2 Å². The van der Waals surface area contributed by atoms with Crippen molar-refractivity contribution < 1.29 is 9.47 Å². The first-order valence-corrected chi connectivity index (χ1v) is 12.0. The molecular formula is C26H33NO3. The second-order valence-corrected chi connectivity index (χ2v) is 10.3. The predicted octanol–water partition coefficient (Wildman–Crippen LogP) is 6.01. The van der Waals surface area contributed by atoms with Gasteiger partial charge in [-0.25, -0.2) is 0 Å². The molecule has 5 aliphatic rings. The van der Waals surface area contributed by atoms with E-state index in [9.17, 15) is 5.21 Å². The van der Waals surface area contributed by atoms with Gasteiger partial charge in [0.25, 0.3) is 0 Å². The maximum absolute atomic E-state index is 13.5. The van der Waals surface area contributed by atoms with Gasteiger partial charge in [0.1, 0.15) is 11.4 Å². The Balaban J connectivity index is 1.20. The lowest BCUT2D eigenvalue weighted by Crippen LogP contribution is -2.49. The number of nitrogens with zero attached hydrogens (tertiary/aromatic N) is 1. The van der Waals surface area contributed by atoms with Crippen molar-refractivity contribution >= 4 is 16.5 Å². The Labute approximate surface area is 179 Å². The summed E-state index contributed by atoms with van der Waals surface area (Å²) in [6.07, 6.45) is 10.5. The number of fused-ring (bicyclic) bond motifs is 1. The van der Waals surface area contributed by atoms with Gasteiger partial charge in [-0.15, -0.1) is 0 Å². The summed E-state index contributed by atoms with van der Waals surface area (Å²) in [7, 11) is 0. The van der Waals surface area contributed by atoms with Crippen molar-refractivity contribution in [3.63, 3.8) is 0 Å². The van der Waals surface area contributed by atoms with Crippen molar-refractivity contribution in [3.8, 4) is 5.75 Å². The fraction of sp³-hybridized carbons (Fsp3) is 0.615. The lowest BCUT2D eigenvalue weighted by Gasteiger charge is -2.53.